The van der Waals surface area contributed by atoms with Crippen molar-refractivity contribution in [1.29, 1.82) is 0 Å². The Labute approximate surface area is 133 Å². The van der Waals surface area contributed by atoms with E-state index in [0.717, 1.165) is 58.4 Å². The minimum atomic E-state index is 0.152. The van der Waals surface area contributed by atoms with Crippen LogP contribution in [0.5, 0.6) is 0 Å². The molecule has 2 atom stereocenters. The molecular formula is C18H27N3O. The molecule has 1 aromatic rings. The van der Waals surface area contributed by atoms with E-state index in [1.54, 1.807) is 0 Å². The van der Waals surface area contributed by atoms with E-state index in [1.807, 2.05) is 6.07 Å². The van der Waals surface area contributed by atoms with Gasteiger partial charge in [-0.05, 0) is 44.3 Å². The molecule has 4 nitrogen and oxygen atoms in total. The fourth-order valence-corrected chi connectivity index (χ4v) is 3.55. The van der Waals surface area contributed by atoms with E-state index in [9.17, 15) is 4.79 Å². The predicted octanol–water partition coefficient (Wildman–Crippen LogP) is 1.77. The van der Waals surface area contributed by atoms with Crippen LogP contribution in [0.1, 0.15) is 31.2 Å². The number of rotatable bonds is 4. The van der Waals surface area contributed by atoms with Crippen molar-refractivity contribution in [2.75, 3.05) is 26.2 Å². The van der Waals surface area contributed by atoms with Gasteiger partial charge in [-0.15, -0.1) is 0 Å². The van der Waals surface area contributed by atoms with E-state index in [4.69, 9.17) is 0 Å². The summed E-state index contributed by atoms with van der Waals surface area (Å²) in [7, 11) is 0. The fourth-order valence-electron chi connectivity index (χ4n) is 3.55. The summed E-state index contributed by atoms with van der Waals surface area (Å²) in [6, 6.07) is 10.9. The van der Waals surface area contributed by atoms with Crippen LogP contribution in [0.15, 0.2) is 30.3 Å². The van der Waals surface area contributed by atoms with Gasteiger partial charge in [0.15, 0.2) is 0 Å². The molecule has 22 heavy (non-hydrogen) atoms. The second kappa shape index (κ2) is 7.75. The minimum Gasteiger partial charge on any atom is -0.352 e. The highest BCUT2D eigenvalue weighted by molar-refractivity contribution is 5.79. The molecule has 3 rings (SSSR count). The molecule has 2 N–H and O–H groups in total. The maximum Gasteiger partial charge on any atom is 0.224 e. The van der Waals surface area contributed by atoms with Crippen molar-refractivity contribution in [3.8, 4) is 0 Å². The first-order chi connectivity index (χ1) is 10.8. The molecule has 0 aromatic heterocycles. The smallest absolute Gasteiger partial charge is 0.224 e. The van der Waals surface area contributed by atoms with Crippen molar-refractivity contribution in [3.63, 3.8) is 0 Å². The molecule has 2 aliphatic rings. The van der Waals surface area contributed by atoms with Crippen LogP contribution in [0.25, 0.3) is 0 Å². The number of hydrogen-bond donors (Lipinski definition) is 2. The van der Waals surface area contributed by atoms with Crippen molar-refractivity contribution in [2.45, 2.75) is 38.3 Å². The molecule has 0 spiro atoms. The van der Waals surface area contributed by atoms with Gasteiger partial charge in [-0.25, -0.2) is 0 Å². The maximum absolute atomic E-state index is 12.5. The molecule has 1 aromatic carbocycles. The van der Waals surface area contributed by atoms with Crippen molar-refractivity contribution >= 4 is 5.91 Å². The van der Waals surface area contributed by atoms with Crippen molar-refractivity contribution < 1.29 is 4.79 Å². The summed E-state index contributed by atoms with van der Waals surface area (Å²) < 4.78 is 0. The largest absolute Gasteiger partial charge is 0.352 e. The second-order valence-corrected chi connectivity index (χ2v) is 6.61. The summed E-state index contributed by atoms with van der Waals surface area (Å²) in [6.45, 7) is 4.95. The molecule has 120 valence electrons. The number of amides is 1. The molecule has 0 saturated carbocycles. The number of piperidine rings is 2. The topological polar surface area (TPSA) is 44.4 Å². The summed E-state index contributed by atoms with van der Waals surface area (Å²) in [4.78, 5) is 14.9. The molecule has 2 fully saturated rings. The monoisotopic (exact) mass is 301 g/mol. The SMILES string of the molecule is O=C(NC1CCCNC1)C1CCCN(Cc2ccccc2)C1. The number of nitrogens with zero attached hydrogens (tertiary/aromatic N) is 1. The lowest BCUT2D eigenvalue weighted by Crippen LogP contribution is -2.50. The van der Waals surface area contributed by atoms with E-state index in [0.29, 0.717) is 6.04 Å². The quantitative estimate of drug-likeness (QED) is 0.891. The summed E-state index contributed by atoms with van der Waals surface area (Å²) >= 11 is 0. The molecular weight excluding hydrogens is 274 g/mol. The third-order valence-electron chi connectivity index (χ3n) is 4.77. The lowest BCUT2D eigenvalue weighted by molar-refractivity contribution is -0.127. The lowest BCUT2D eigenvalue weighted by atomic mass is 9.95. The average Bonchev–Trinajstić information content (AvgIpc) is 2.57. The number of hydrogen-bond acceptors (Lipinski definition) is 3. The first-order valence-electron chi connectivity index (χ1n) is 8.58. The van der Waals surface area contributed by atoms with E-state index in [1.165, 1.54) is 5.56 Å². The number of carbonyl (C=O) groups is 1. The zero-order chi connectivity index (χ0) is 15.2. The van der Waals surface area contributed by atoms with E-state index in [2.05, 4.69) is 39.8 Å². The number of likely N-dealkylation sites (tertiary alicyclic amines) is 1. The molecule has 2 heterocycles. The molecule has 0 aliphatic carbocycles. The second-order valence-electron chi connectivity index (χ2n) is 6.61. The highest BCUT2D eigenvalue weighted by Gasteiger charge is 2.27. The van der Waals surface area contributed by atoms with Crippen LogP contribution in [0.4, 0.5) is 0 Å². The lowest BCUT2D eigenvalue weighted by Gasteiger charge is -2.33. The Balaban J connectivity index is 1.50. The van der Waals surface area contributed by atoms with Crippen molar-refractivity contribution in [2.24, 2.45) is 5.92 Å². The van der Waals surface area contributed by atoms with Gasteiger partial charge in [-0.2, -0.15) is 0 Å². The first-order valence-corrected chi connectivity index (χ1v) is 8.58. The van der Waals surface area contributed by atoms with Gasteiger partial charge in [0.05, 0.1) is 5.92 Å². The van der Waals surface area contributed by atoms with Gasteiger partial charge in [0, 0.05) is 25.7 Å². The summed E-state index contributed by atoms with van der Waals surface area (Å²) in [5, 5.41) is 6.60. The molecule has 4 heteroatoms. The third kappa shape index (κ3) is 4.31. The molecule has 2 saturated heterocycles. The van der Waals surface area contributed by atoms with E-state index < -0.39 is 0 Å². The van der Waals surface area contributed by atoms with E-state index in [-0.39, 0.29) is 11.8 Å². The number of carbonyl (C=O) groups excluding carboxylic acids is 1. The van der Waals surface area contributed by atoms with Gasteiger partial charge >= 0.3 is 0 Å². The van der Waals surface area contributed by atoms with Crippen LogP contribution in [0, 0.1) is 5.92 Å². The van der Waals surface area contributed by atoms with Crippen molar-refractivity contribution in [3.05, 3.63) is 35.9 Å². The Kier molecular flexibility index (Phi) is 5.46. The summed E-state index contributed by atoms with van der Waals surface area (Å²) in [5.74, 6) is 0.408. The standard InChI is InChI=1S/C18H27N3O/c22-18(20-17-9-4-10-19-12-17)16-8-5-11-21(14-16)13-15-6-2-1-3-7-15/h1-3,6-7,16-17,19H,4-5,8-14H2,(H,20,22). The minimum absolute atomic E-state index is 0.152. The third-order valence-corrected chi connectivity index (χ3v) is 4.77. The molecule has 0 bridgehead atoms. The zero-order valence-corrected chi connectivity index (χ0v) is 13.3. The van der Waals surface area contributed by atoms with Gasteiger partial charge in [0.25, 0.3) is 0 Å². The van der Waals surface area contributed by atoms with Crippen LogP contribution >= 0.6 is 0 Å². The van der Waals surface area contributed by atoms with Crippen LogP contribution < -0.4 is 10.6 Å². The number of benzene rings is 1. The van der Waals surface area contributed by atoms with Gasteiger partial charge in [0.1, 0.15) is 0 Å². The first kappa shape index (κ1) is 15.5. The van der Waals surface area contributed by atoms with Crippen LogP contribution in [0.2, 0.25) is 0 Å². The van der Waals surface area contributed by atoms with Gasteiger partial charge in [-0.1, -0.05) is 30.3 Å². The Bertz CT molecular complexity index is 470. The summed E-state index contributed by atoms with van der Waals surface area (Å²) in [6.07, 6.45) is 4.42. The Morgan fingerprint density at radius 2 is 2.09 bits per heavy atom. The fraction of sp³-hybridized carbons (Fsp3) is 0.611. The van der Waals surface area contributed by atoms with Gasteiger partial charge in [-0.3, -0.25) is 9.69 Å². The van der Waals surface area contributed by atoms with Crippen molar-refractivity contribution in [1.82, 2.24) is 15.5 Å². The Hall–Kier alpha value is -1.39. The van der Waals surface area contributed by atoms with Crippen LogP contribution in [-0.2, 0) is 11.3 Å². The molecule has 2 aliphatic heterocycles. The Morgan fingerprint density at radius 3 is 2.86 bits per heavy atom. The van der Waals surface area contributed by atoms with Gasteiger partial charge < -0.3 is 10.6 Å². The summed E-state index contributed by atoms with van der Waals surface area (Å²) in [5.41, 5.74) is 1.33. The average molecular weight is 301 g/mol. The zero-order valence-electron chi connectivity index (χ0n) is 13.3. The molecule has 1 amide bonds. The predicted molar refractivity (Wildman–Crippen MR) is 88.5 cm³/mol. The maximum atomic E-state index is 12.5. The van der Waals surface area contributed by atoms with Crippen LogP contribution in [-0.4, -0.2) is 43.0 Å². The van der Waals surface area contributed by atoms with Gasteiger partial charge in [0.2, 0.25) is 5.91 Å². The van der Waals surface area contributed by atoms with Crippen LogP contribution in [0.3, 0.4) is 0 Å². The Morgan fingerprint density at radius 1 is 1.23 bits per heavy atom. The highest BCUT2D eigenvalue weighted by Crippen LogP contribution is 2.19. The highest BCUT2D eigenvalue weighted by atomic mass is 16.2. The van der Waals surface area contributed by atoms with E-state index >= 15 is 0 Å². The normalized spacial score (nSPS) is 26.5. The number of nitrogens with one attached hydrogen (secondary N) is 2. The molecule has 2 unspecified atom stereocenters. The molecule has 0 radical (unpaired) electrons.